The number of allylic oxidation sites excluding steroid dienone is 1. The molecule has 3 aliphatic rings. The average molecular weight is 399 g/mol. The number of benzene rings is 1. The lowest BCUT2D eigenvalue weighted by atomic mass is 10.00. The van der Waals surface area contributed by atoms with Crippen molar-refractivity contribution in [2.45, 2.75) is 45.2 Å². The molecule has 1 aromatic heterocycles. The van der Waals surface area contributed by atoms with Crippen LogP contribution in [0.4, 0.5) is 11.5 Å². The predicted molar refractivity (Wildman–Crippen MR) is 112 cm³/mol. The van der Waals surface area contributed by atoms with Crippen molar-refractivity contribution in [2.24, 2.45) is 0 Å². The summed E-state index contributed by atoms with van der Waals surface area (Å²) in [6.07, 6.45) is 4.17. The van der Waals surface area contributed by atoms with Crippen LogP contribution in [0.25, 0.3) is 0 Å². The molecular weight excluding hydrogens is 372 g/mol. The predicted octanol–water partition coefficient (Wildman–Crippen LogP) is 4.47. The molecule has 0 spiro atoms. The first-order valence-corrected chi connectivity index (χ1v) is 10.6. The maximum Gasteiger partial charge on any atom is 0.160 e. The number of nitrogens with zero attached hydrogens (tertiary/aromatic N) is 4. The average Bonchev–Trinajstić information content (AvgIpc) is 3.35. The van der Waals surface area contributed by atoms with Crippen LogP contribution in [0.5, 0.6) is 0 Å². The van der Waals surface area contributed by atoms with E-state index in [4.69, 9.17) is 21.4 Å². The number of halogens is 1. The van der Waals surface area contributed by atoms with Crippen LogP contribution in [0.15, 0.2) is 30.5 Å². The standard InChI is InChI=1S/C22H27ClN4O/c1-15(2)25-11-8-21-18(13-25)22(24-27(21)16-9-12-28-14-16)26-10-4-5-17-19(23)6-3-7-20(17)26/h3,6-7,16H,1,4-5,8-14H2,2H3. The summed E-state index contributed by atoms with van der Waals surface area (Å²) in [5.74, 6) is 1.09. The van der Waals surface area contributed by atoms with Crippen molar-refractivity contribution >= 4 is 23.1 Å². The van der Waals surface area contributed by atoms with Crippen LogP contribution in [-0.4, -0.2) is 41.0 Å². The fourth-order valence-electron chi connectivity index (χ4n) is 4.79. The lowest BCUT2D eigenvalue weighted by molar-refractivity contribution is 0.183. The third-order valence-electron chi connectivity index (χ3n) is 6.31. The first-order chi connectivity index (χ1) is 13.6. The molecular formula is C22H27ClN4O. The van der Waals surface area contributed by atoms with E-state index in [1.165, 1.54) is 22.5 Å². The highest BCUT2D eigenvalue weighted by Crippen LogP contribution is 2.41. The molecule has 6 heteroatoms. The highest BCUT2D eigenvalue weighted by atomic mass is 35.5. The molecule has 0 saturated carbocycles. The number of rotatable bonds is 3. The summed E-state index contributed by atoms with van der Waals surface area (Å²) < 4.78 is 7.94. The van der Waals surface area contributed by atoms with E-state index in [-0.39, 0.29) is 0 Å². The molecule has 5 rings (SSSR count). The SMILES string of the molecule is C=C(C)N1CCc2c(c(N3CCCc4c(Cl)cccc43)nn2C2CCOC2)C1. The molecule has 1 aromatic carbocycles. The maximum absolute atomic E-state index is 6.52. The third kappa shape index (κ3) is 2.92. The zero-order valence-electron chi connectivity index (χ0n) is 16.5. The number of hydrogen-bond donors (Lipinski definition) is 0. The zero-order chi connectivity index (χ0) is 19.3. The topological polar surface area (TPSA) is 33.5 Å². The summed E-state index contributed by atoms with van der Waals surface area (Å²) in [4.78, 5) is 4.75. The van der Waals surface area contributed by atoms with Gasteiger partial charge in [0.2, 0.25) is 0 Å². The van der Waals surface area contributed by atoms with Crippen molar-refractivity contribution < 1.29 is 4.74 Å². The second-order valence-electron chi connectivity index (χ2n) is 8.11. The molecule has 0 amide bonds. The first kappa shape index (κ1) is 18.1. The molecule has 28 heavy (non-hydrogen) atoms. The molecule has 5 nitrogen and oxygen atoms in total. The van der Waals surface area contributed by atoms with Crippen molar-refractivity contribution in [2.75, 3.05) is 31.2 Å². The van der Waals surface area contributed by atoms with E-state index in [2.05, 4.69) is 34.1 Å². The van der Waals surface area contributed by atoms with Gasteiger partial charge in [-0.15, -0.1) is 0 Å². The summed E-state index contributed by atoms with van der Waals surface area (Å²) in [5.41, 5.74) is 6.29. The molecule has 0 N–H and O–H groups in total. The minimum absolute atomic E-state index is 0.350. The lowest BCUT2D eigenvalue weighted by Gasteiger charge is -2.33. The molecule has 1 atom stereocenters. The van der Waals surface area contributed by atoms with E-state index >= 15 is 0 Å². The summed E-state index contributed by atoms with van der Waals surface area (Å²) in [5, 5.41) is 6.05. The molecule has 0 radical (unpaired) electrons. The molecule has 1 fully saturated rings. The van der Waals surface area contributed by atoms with Gasteiger partial charge in [-0.2, -0.15) is 5.10 Å². The Morgan fingerprint density at radius 1 is 1.25 bits per heavy atom. The van der Waals surface area contributed by atoms with Crippen LogP contribution in [0.1, 0.15) is 42.6 Å². The van der Waals surface area contributed by atoms with Crippen LogP contribution in [0.2, 0.25) is 5.02 Å². The molecule has 1 saturated heterocycles. The van der Waals surface area contributed by atoms with Crippen LogP contribution in [-0.2, 0) is 24.1 Å². The van der Waals surface area contributed by atoms with E-state index in [1.54, 1.807) is 0 Å². The minimum Gasteiger partial charge on any atom is -0.379 e. The van der Waals surface area contributed by atoms with Gasteiger partial charge in [0.15, 0.2) is 5.82 Å². The lowest BCUT2D eigenvalue weighted by Crippen LogP contribution is -2.31. The fraction of sp³-hybridized carbons (Fsp3) is 0.500. The molecule has 4 heterocycles. The molecule has 2 aromatic rings. The maximum atomic E-state index is 6.52. The second kappa shape index (κ2) is 7.12. The van der Waals surface area contributed by atoms with Gasteiger partial charge in [0.1, 0.15) is 0 Å². The molecule has 1 unspecified atom stereocenters. The quantitative estimate of drug-likeness (QED) is 0.763. The van der Waals surface area contributed by atoms with Crippen molar-refractivity contribution in [3.8, 4) is 0 Å². The fourth-order valence-corrected chi connectivity index (χ4v) is 5.05. The smallest absolute Gasteiger partial charge is 0.160 e. The highest BCUT2D eigenvalue weighted by Gasteiger charge is 2.33. The van der Waals surface area contributed by atoms with Gasteiger partial charge in [0, 0.05) is 60.3 Å². The number of fused-ring (bicyclic) bond motifs is 2. The number of ether oxygens (including phenoxy) is 1. The van der Waals surface area contributed by atoms with Crippen LogP contribution in [0, 0.1) is 0 Å². The van der Waals surface area contributed by atoms with Crippen LogP contribution >= 0.6 is 11.6 Å². The number of hydrogen-bond acceptors (Lipinski definition) is 4. The summed E-state index contributed by atoms with van der Waals surface area (Å²) in [7, 11) is 0. The van der Waals surface area contributed by atoms with Gasteiger partial charge in [-0.1, -0.05) is 24.2 Å². The monoisotopic (exact) mass is 398 g/mol. The molecule has 148 valence electrons. The van der Waals surface area contributed by atoms with Crippen molar-refractivity contribution in [1.29, 1.82) is 0 Å². The van der Waals surface area contributed by atoms with E-state index in [0.717, 1.165) is 75.1 Å². The van der Waals surface area contributed by atoms with Gasteiger partial charge in [-0.25, -0.2) is 0 Å². The Morgan fingerprint density at radius 3 is 2.93 bits per heavy atom. The van der Waals surface area contributed by atoms with E-state index in [9.17, 15) is 0 Å². The highest BCUT2D eigenvalue weighted by molar-refractivity contribution is 6.31. The van der Waals surface area contributed by atoms with Crippen LogP contribution in [0.3, 0.4) is 0 Å². The first-order valence-electron chi connectivity index (χ1n) is 10.3. The Kier molecular flexibility index (Phi) is 4.60. The van der Waals surface area contributed by atoms with Gasteiger partial charge in [0.05, 0.1) is 12.6 Å². The van der Waals surface area contributed by atoms with Gasteiger partial charge in [-0.3, -0.25) is 4.68 Å². The summed E-state index contributed by atoms with van der Waals surface area (Å²) in [6, 6.07) is 6.58. The van der Waals surface area contributed by atoms with Gasteiger partial charge >= 0.3 is 0 Å². The van der Waals surface area contributed by atoms with Gasteiger partial charge in [0.25, 0.3) is 0 Å². The van der Waals surface area contributed by atoms with E-state index in [1.807, 2.05) is 12.1 Å². The third-order valence-corrected chi connectivity index (χ3v) is 6.66. The minimum atomic E-state index is 0.350. The normalized spacial score (nSPS) is 21.6. The zero-order valence-corrected chi connectivity index (χ0v) is 17.2. The Balaban J connectivity index is 1.62. The molecule has 0 aliphatic carbocycles. The van der Waals surface area contributed by atoms with Crippen LogP contribution < -0.4 is 4.90 Å². The number of aromatic nitrogens is 2. The summed E-state index contributed by atoms with van der Waals surface area (Å²) in [6.45, 7) is 10.7. The Hall–Kier alpha value is -1.98. The van der Waals surface area contributed by atoms with Gasteiger partial charge in [-0.05, 0) is 43.9 Å². The molecule has 0 bridgehead atoms. The Bertz CT molecular complexity index is 916. The van der Waals surface area contributed by atoms with Crippen molar-refractivity contribution in [3.05, 3.63) is 52.3 Å². The van der Waals surface area contributed by atoms with E-state index in [0.29, 0.717) is 6.04 Å². The van der Waals surface area contributed by atoms with E-state index < -0.39 is 0 Å². The second-order valence-corrected chi connectivity index (χ2v) is 8.52. The number of anilines is 2. The summed E-state index contributed by atoms with van der Waals surface area (Å²) >= 11 is 6.52. The van der Waals surface area contributed by atoms with Crippen molar-refractivity contribution in [3.63, 3.8) is 0 Å². The Labute approximate surface area is 171 Å². The largest absolute Gasteiger partial charge is 0.379 e. The van der Waals surface area contributed by atoms with Crippen molar-refractivity contribution in [1.82, 2.24) is 14.7 Å². The molecule has 3 aliphatic heterocycles. The Morgan fingerprint density at radius 2 is 2.14 bits per heavy atom. The van der Waals surface area contributed by atoms with Gasteiger partial charge < -0.3 is 14.5 Å².